The molecular weight excluding hydrogens is 904 g/mol. The van der Waals surface area contributed by atoms with Crippen LogP contribution in [0.4, 0.5) is 0 Å². The first kappa shape index (κ1) is 66.9. The van der Waals surface area contributed by atoms with Gasteiger partial charge in [0.15, 0.2) is 6.10 Å². The number of carbonyl (C=O) groups excluding carboxylic acids is 3. The molecule has 70 heavy (non-hydrogen) atoms. The van der Waals surface area contributed by atoms with E-state index in [0.717, 1.165) is 122 Å². The van der Waals surface area contributed by atoms with Gasteiger partial charge in [0.05, 0.1) is 19.8 Å². The minimum atomic E-state index is -4.75. The maximum atomic E-state index is 12.9. The molecule has 0 aromatic carbocycles. The number of rotatable bonds is 51. The second-order valence-corrected chi connectivity index (χ2v) is 19.8. The smallest absolute Gasteiger partial charge is 0.462 e. The van der Waals surface area contributed by atoms with Crippen LogP contribution in [0.2, 0.25) is 0 Å². The molecule has 0 aliphatic carbocycles. The zero-order valence-corrected chi connectivity index (χ0v) is 45.4. The number of aliphatic hydroxyl groups is 1. The van der Waals surface area contributed by atoms with Crippen LogP contribution in [-0.2, 0) is 42.2 Å². The van der Waals surface area contributed by atoms with Gasteiger partial charge in [-0.2, -0.15) is 0 Å². The van der Waals surface area contributed by atoms with Gasteiger partial charge in [-0.05, 0) is 83.5 Å². The van der Waals surface area contributed by atoms with Crippen molar-refractivity contribution in [1.29, 1.82) is 0 Å². The van der Waals surface area contributed by atoms with Gasteiger partial charge in [-0.15, -0.1) is 0 Å². The number of phosphoric acid groups is 1. The third-order valence-corrected chi connectivity index (χ3v) is 12.6. The summed E-state index contributed by atoms with van der Waals surface area (Å²) in [5, 5.41) is 9.78. The van der Waals surface area contributed by atoms with Gasteiger partial charge in [0.25, 0.3) is 0 Å². The van der Waals surface area contributed by atoms with E-state index in [1.54, 1.807) is 0 Å². The lowest BCUT2D eigenvalue weighted by Gasteiger charge is -2.21. The van der Waals surface area contributed by atoms with E-state index in [4.69, 9.17) is 23.3 Å². The average Bonchev–Trinajstić information content (AvgIpc) is 3.35. The molecule has 0 aromatic heterocycles. The van der Waals surface area contributed by atoms with E-state index >= 15 is 0 Å². The van der Waals surface area contributed by atoms with Crippen molar-refractivity contribution < 1.29 is 52.2 Å². The van der Waals surface area contributed by atoms with Gasteiger partial charge in [0, 0.05) is 19.3 Å². The monoisotopic (exact) mass is 1000 g/mol. The predicted molar refractivity (Wildman–Crippen MR) is 288 cm³/mol. The van der Waals surface area contributed by atoms with Crippen LogP contribution in [0.25, 0.3) is 0 Å². The summed E-state index contributed by atoms with van der Waals surface area (Å²) >= 11 is 0. The zero-order valence-electron chi connectivity index (χ0n) is 44.5. The number of esters is 3. The molecule has 3 atom stereocenters. The molecule has 0 heterocycles. The molecule has 0 amide bonds. The summed E-state index contributed by atoms with van der Waals surface area (Å²) in [5.41, 5.74) is 0. The first-order valence-corrected chi connectivity index (χ1v) is 29.3. The number of hydrogen-bond donors (Lipinski definition) is 2. The number of aliphatic hydroxyl groups excluding tert-OH is 1. The van der Waals surface area contributed by atoms with Crippen molar-refractivity contribution >= 4 is 25.7 Å². The summed E-state index contributed by atoms with van der Waals surface area (Å²) in [7, 11) is -4.75. The number of hydrogen-bond acceptors (Lipinski definition) is 10. The summed E-state index contributed by atoms with van der Waals surface area (Å²) in [4.78, 5) is 48.4. The highest BCUT2D eigenvalue weighted by molar-refractivity contribution is 7.47. The van der Waals surface area contributed by atoms with E-state index in [9.17, 15) is 28.9 Å². The molecule has 0 saturated heterocycles. The highest BCUT2D eigenvalue weighted by atomic mass is 31.2. The SMILES string of the molecule is CC/C=C\C/C=C\C/C=C\CCCCCCCCCC(=O)OCC(COP(=O)(O)OCC(CO)OC(=O)CCCCCCCCCCCCC)OC(=O)CCCCCCC/C=C\C/C=C\C/C=C\CC. The van der Waals surface area contributed by atoms with Crippen molar-refractivity contribution in [3.05, 3.63) is 72.9 Å². The van der Waals surface area contributed by atoms with Crippen molar-refractivity contribution in [3.8, 4) is 0 Å². The van der Waals surface area contributed by atoms with Crippen LogP contribution >= 0.6 is 7.82 Å². The maximum absolute atomic E-state index is 12.9. The van der Waals surface area contributed by atoms with Gasteiger partial charge in [-0.1, -0.05) is 209 Å². The quantitative estimate of drug-likeness (QED) is 0.0197. The summed E-state index contributed by atoms with van der Waals surface area (Å²) in [6.07, 6.45) is 57.2. The molecule has 0 fully saturated rings. The molecule has 0 saturated carbocycles. The van der Waals surface area contributed by atoms with Crippen LogP contribution in [-0.4, -0.2) is 66.5 Å². The summed E-state index contributed by atoms with van der Waals surface area (Å²) in [6, 6.07) is 0. The fourth-order valence-electron chi connectivity index (χ4n) is 7.44. The van der Waals surface area contributed by atoms with Gasteiger partial charge < -0.3 is 24.2 Å². The Balaban J connectivity index is 4.76. The highest BCUT2D eigenvalue weighted by Gasteiger charge is 2.28. The Morgan fingerprint density at radius 3 is 1.14 bits per heavy atom. The molecule has 3 unspecified atom stereocenters. The van der Waals surface area contributed by atoms with Crippen molar-refractivity contribution in [3.63, 3.8) is 0 Å². The lowest BCUT2D eigenvalue weighted by Crippen LogP contribution is -2.30. The van der Waals surface area contributed by atoms with E-state index in [1.165, 1.54) is 57.8 Å². The van der Waals surface area contributed by atoms with Gasteiger partial charge in [0.2, 0.25) is 0 Å². The lowest BCUT2D eigenvalue weighted by molar-refractivity contribution is -0.161. The van der Waals surface area contributed by atoms with Crippen LogP contribution in [0.5, 0.6) is 0 Å². The number of allylic oxidation sites excluding steroid dienone is 12. The number of phosphoric ester groups is 1. The molecular formula is C58H101O11P. The third-order valence-electron chi connectivity index (χ3n) is 11.6. The minimum absolute atomic E-state index is 0.145. The molecule has 0 aromatic rings. The standard InChI is InChI=1S/C58H101O11P/c1-4-7-10-13-16-19-22-24-26-27-29-30-33-35-38-41-44-47-56(60)65-51-55(69-58(62)49-46-43-40-37-34-31-28-25-23-20-17-14-11-8-5-2)53-67-70(63,64)66-52-54(50-59)68-57(61)48-45-42-39-36-32-21-18-15-12-9-6-3/h7-8,10-11,16-17,19-20,24-26,28,54-55,59H,4-6,9,12-15,18,21-23,27,29-53H2,1-3H3,(H,63,64)/b10-7-,11-8-,19-16-,20-17-,26-24-,28-25-. The lowest BCUT2D eigenvalue weighted by atomic mass is 10.1. The summed E-state index contributed by atoms with van der Waals surface area (Å²) in [6.45, 7) is 4.39. The van der Waals surface area contributed by atoms with Gasteiger partial charge in [-0.3, -0.25) is 23.4 Å². The maximum Gasteiger partial charge on any atom is 0.472 e. The molecule has 11 nitrogen and oxygen atoms in total. The molecule has 0 bridgehead atoms. The van der Waals surface area contributed by atoms with E-state index in [1.807, 2.05) is 0 Å². The van der Waals surface area contributed by atoms with Crippen LogP contribution in [0, 0.1) is 0 Å². The second kappa shape index (κ2) is 52.2. The van der Waals surface area contributed by atoms with E-state index in [0.29, 0.717) is 19.3 Å². The molecule has 12 heteroatoms. The van der Waals surface area contributed by atoms with E-state index < -0.39 is 57.8 Å². The van der Waals surface area contributed by atoms with E-state index in [-0.39, 0.29) is 25.9 Å². The topological polar surface area (TPSA) is 155 Å². The Labute approximate surface area is 427 Å². The molecule has 2 N–H and O–H groups in total. The largest absolute Gasteiger partial charge is 0.472 e. The number of unbranched alkanes of at least 4 members (excludes halogenated alkanes) is 22. The first-order chi connectivity index (χ1) is 34.2. The van der Waals surface area contributed by atoms with Crippen LogP contribution in [0.1, 0.15) is 239 Å². The van der Waals surface area contributed by atoms with Crippen LogP contribution in [0.3, 0.4) is 0 Å². The molecule has 0 rings (SSSR count). The Morgan fingerprint density at radius 1 is 0.414 bits per heavy atom. The molecule has 404 valence electrons. The van der Waals surface area contributed by atoms with Gasteiger partial charge in [-0.25, -0.2) is 4.57 Å². The number of carbonyl (C=O) groups is 3. The first-order valence-electron chi connectivity index (χ1n) is 27.8. The third kappa shape index (κ3) is 49.9. The van der Waals surface area contributed by atoms with Crippen molar-refractivity contribution in [2.75, 3.05) is 26.4 Å². The van der Waals surface area contributed by atoms with E-state index in [2.05, 4.69) is 93.7 Å². The average molecular weight is 1010 g/mol. The Bertz CT molecular complexity index is 1450. The Hall–Kier alpha value is -3.08. The fourth-order valence-corrected chi connectivity index (χ4v) is 8.23. The highest BCUT2D eigenvalue weighted by Crippen LogP contribution is 2.43. The molecule has 0 radical (unpaired) electrons. The Morgan fingerprint density at radius 2 is 0.743 bits per heavy atom. The Kier molecular flexibility index (Phi) is 50.0. The van der Waals surface area contributed by atoms with Gasteiger partial charge in [0.1, 0.15) is 12.7 Å². The number of ether oxygens (including phenoxy) is 3. The molecule has 0 aliphatic rings. The van der Waals surface area contributed by atoms with Crippen molar-refractivity contribution in [1.82, 2.24) is 0 Å². The second-order valence-electron chi connectivity index (χ2n) is 18.3. The summed E-state index contributed by atoms with van der Waals surface area (Å²) < 4.78 is 39.4. The van der Waals surface area contributed by atoms with Crippen LogP contribution in [0.15, 0.2) is 72.9 Å². The van der Waals surface area contributed by atoms with Crippen molar-refractivity contribution in [2.45, 2.75) is 251 Å². The van der Waals surface area contributed by atoms with Crippen molar-refractivity contribution in [2.24, 2.45) is 0 Å². The zero-order chi connectivity index (χ0) is 51.3. The fraction of sp³-hybridized carbons (Fsp3) is 0.741. The predicted octanol–water partition coefficient (Wildman–Crippen LogP) is 16.1. The molecule has 0 spiro atoms. The molecule has 0 aliphatic heterocycles. The minimum Gasteiger partial charge on any atom is -0.462 e. The summed E-state index contributed by atoms with van der Waals surface area (Å²) in [5.74, 6) is -1.49. The van der Waals surface area contributed by atoms with Gasteiger partial charge >= 0.3 is 25.7 Å². The normalized spacial score (nSPS) is 14.0. The van der Waals surface area contributed by atoms with Crippen LogP contribution < -0.4 is 0 Å².